The van der Waals surface area contributed by atoms with E-state index in [1.54, 1.807) is 0 Å². The Morgan fingerprint density at radius 3 is 2.74 bits per heavy atom. The van der Waals surface area contributed by atoms with Crippen LogP contribution in [0.5, 0.6) is 0 Å². The third-order valence-electron chi connectivity index (χ3n) is 5.68. The number of esters is 1. The number of fused-ring (bicyclic) bond motifs is 1. The van der Waals surface area contributed by atoms with E-state index in [9.17, 15) is 4.79 Å². The maximum absolute atomic E-state index is 11.4. The lowest BCUT2D eigenvalue weighted by Crippen LogP contribution is -2.23. The number of carbonyl (C=O) groups is 1. The number of hydrogen-bond donors (Lipinski definition) is 0. The van der Waals surface area contributed by atoms with Crippen molar-refractivity contribution >= 4 is 5.97 Å². The Kier molecular flexibility index (Phi) is 3.63. The van der Waals surface area contributed by atoms with Crippen LogP contribution in [0.1, 0.15) is 46.5 Å². The quantitative estimate of drug-likeness (QED) is 0.562. The van der Waals surface area contributed by atoms with Crippen molar-refractivity contribution in [3.05, 3.63) is 24.3 Å². The monoisotopic (exact) mass is 262 g/mol. The molecule has 0 spiro atoms. The van der Waals surface area contributed by atoms with Gasteiger partial charge in [-0.05, 0) is 48.9 Å². The molecule has 2 aliphatic rings. The zero-order chi connectivity index (χ0) is 14.3. The van der Waals surface area contributed by atoms with Crippen LogP contribution in [0.4, 0.5) is 0 Å². The lowest BCUT2D eigenvalue weighted by Gasteiger charge is -2.32. The molecule has 0 amide bonds. The van der Waals surface area contributed by atoms with E-state index in [1.165, 1.54) is 12.7 Å². The van der Waals surface area contributed by atoms with Crippen LogP contribution < -0.4 is 0 Å². The van der Waals surface area contributed by atoms with Crippen molar-refractivity contribution in [2.24, 2.45) is 22.7 Å². The van der Waals surface area contributed by atoms with Crippen molar-refractivity contribution in [3.63, 3.8) is 0 Å². The number of rotatable bonds is 4. The summed E-state index contributed by atoms with van der Waals surface area (Å²) in [5.74, 6) is 1.25. The Morgan fingerprint density at radius 2 is 2.21 bits per heavy atom. The second-order valence-corrected chi connectivity index (χ2v) is 6.89. The fraction of sp³-hybridized carbons (Fsp3) is 0.706. The van der Waals surface area contributed by atoms with Crippen LogP contribution >= 0.6 is 0 Å². The molecule has 0 aromatic rings. The van der Waals surface area contributed by atoms with Crippen LogP contribution in [-0.4, -0.2) is 13.1 Å². The number of allylic oxidation sites excluding steroid dienone is 3. The molecule has 0 aromatic carbocycles. The first kappa shape index (κ1) is 14.4. The summed E-state index contributed by atoms with van der Waals surface area (Å²) in [7, 11) is 1.46. The van der Waals surface area contributed by atoms with Gasteiger partial charge in [0, 0.05) is 6.42 Å². The molecule has 0 radical (unpaired) electrons. The van der Waals surface area contributed by atoms with Gasteiger partial charge in [0.05, 0.1) is 7.11 Å². The van der Waals surface area contributed by atoms with Crippen molar-refractivity contribution in [1.29, 1.82) is 0 Å². The summed E-state index contributed by atoms with van der Waals surface area (Å²) < 4.78 is 4.77. The molecule has 106 valence electrons. The molecule has 0 N–H and O–H groups in total. The Labute approximate surface area is 116 Å². The lowest BCUT2D eigenvalue weighted by molar-refractivity contribution is -0.141. The molecular weight excluding hydrogens is 236 g/mol. The molecular formula is C17H26O2. The van der Waals surface area contributed by atoms with E-state index in [4.69, 9.17) is 4.74 Å². The highest BCUT2D eigenvalue weighted by molar-refractivity contribution is 5.69. The molecule has 2 aliphatic carbocycles. The first-order chi connectivity index (χ1) is 8.84. The van der Waals surface area contributed by atoms with Gasteiger partial charge in [-0.1, -0.05) is 31.6 Å². The van der Waals surface area contributed by atoms with E-state index >= 15 is 0 Å². The predicted molar refractivity (Wildman–Crippen MR) is 77.6 cm³/mol. The van der Waals surface area contributed by atoms with Crippen LogP contribution in [-0.2, 0) is 9.53 Å². The normalized spacial score (nSPS) is 35.7. The Balaban J connectivity index is 2.11. The van der Waals surface area contributed by atoms with Gasteiger partial charge in [-0.3, -0.25) is 4.79 Å². The molecule has 2 nitrogen and oxygen atoms in total. The molecule has 0 bridgehead atoms. The highest BCUT2D eigenvalue weighted by Gasteiger charge is 2.51. The Hall–Kier alpha value is -1.05. The molecule has 2 rings (SSSR count). The number of ether oxygens (including phenoxy) is 1. The molecule has 0 heterocycles. The number of methoxy groups -OCH3 is 1. The summed E-state index contributed by atoms with van der Waals surface area (Å²) in [6.07, 6.45) is 8.21. The number of carbonyl (C=O) groups excluding carboxylic acids is 1. The second-order valence-electron chi connectivity index (χ2n) is 6.89. The molecule has 0 unspecified atom stereocenters. The van der Waals surface area contributed by atoms with Crippen LogP contribution in [0, 0.1) is 22.7 Å². The zero-order valence-electron chi connectivity index (χ0n) is 12.7. The van der Waals surface area contributed by atoms with Crippen molar-refractivity contribution in [2.75, 3.05) is 7.11 Å². The third-order valence-corrected chi connectivity index (χ3v) is 5.68. The van der Waals surface area contributed by atoms with E-state index in [1.807, 2.05) is 0 Å². The van der Waals surface area contributed by atoms with Gasteiger partial charge in [-0.2, -0.15) is 0 Å². The fourth-order valence-electron chi connectivity index (χ4n) is 4.00. The average Bonchev–Trinajstić information content (AvgIpc) is 2.84. The lowest BCUT2D eigenvalue weighted by atomic mass is 9.72. The summed E-state index contributed by atoms with van der Waals surface area (Å²) in [5, 5.41) is 0. The molecule has 19 heavy (non-hydrogen) atoms. The van der Waals surface area contributed by atoms with Crippen LogP contribution in [0.25, 0.3) is 0 Å². The van der Waals surface area contributed by atoms with E-state index in [-0.39, 0.29) is 11.4 Å². The predicted octanol–water partition coefficient (Wildman–Crippen LogP) is 4.12. The standard InChI is InChI=1S/C17H26O2/c1-6-17(8-7-15(18)19-5)10-13-9-12(2)16(3,4)14(13)11-17/h6,9,13-14H,1,7-8,10-11H2,2-5H3/t13-,14+,17-/m0/s1. The topological polar surface area (TPSA) is 26.3 Å². The van der Waals surface area contributed by atoms with Crippen molar-refractivity contribution < 1.29 is 9.53 Å². The molecule has 2 heteroatoms. The third kappa shape index (κ3) is 2.37. The molecule has 1 fully saturated rings. The summed E-state index contributed by atoms with van der Waals surface area (Å²) in [6.45, 7) is 11.0. The first-order valence-corrected chi connectivity index (χ1v) is 7.24. The maximum atomic E-state index is 11.4. The van der Waals surface area contributed by atoms with Gasteiger partial charge >= 0.3 is 5.97 Å². The highest BCUT2D eigenvalue weighted by Crippen LogP contribution is 2.61. The van der Waals surface area contributed by atoms with Crippen LogP contribution in [0.3, 0.4) is 0 Å². The molecule has 0 aromatic heterocycles. The van der Waals surface area contributed by atoms with Crippen molar-refractivity contribution in [1.82, 2.24) is 0 Å². The average molecular weight is 262 g/mol. The summed E-state index contributed by atoms with van der Waals surface area (Å²) in [6, 6.07) is 0. The molecule has 0 saturated heterocycles. The van der Waals surface area contributed by atoms with Gasteiger partial charge < -0.3 is 4.74 Å². The zero-order valence-corrected chi connectivity index (χ0v) is 12.7. The van der Waals surface area contributed by atoms with E-state index in [0.29, 0.717) is 23.7 Å². The van der Waals surface area contributed by atoms with Crippen LogP contribution in [0.2, 0.25) is 0 Å². The van der Waals surface area contributed by atoms with Gasteiger partial charge in [0.15, 0.2) is 0 Å². The first-order valence-electron chi connectivity index (χ1n) is 7.24. The largest absolute Gasteiger partial charge is 0.469 e. The molecule has 1 saturated carbocycles. The van der Waals surface area contributed by atoms with Gasteiger partial charge in [0.25, 0.3) is 0 Å². The molecule has 0 aliphatic heterocycles. The van der Waals surface area contributed by atoms with Gasteiger partial charge in [-0.25, -0.2) is 0 Å². The summed E-state index contributed by atoms with van der Waals surface area (Å²) >= 11 is 0. The SMILES string of the molecule is C=C[C@@]1(CCC(=O)OC)C[C@@H]2[C@@H](C=C(C)C2(C)C)C1. The van der Waals surface area contributed by atoms with Crippen molar-refractivity contribution in [2.45, 2.75) is 46.5 Å². The van der Waals surface area contributed by atoms with Crippen molar-refractivity contribution in [3.8, 4) is 0 Å². The van der Waals surface area contributed by atoms with Gasteiger partial charge in [0.2, 0.25) is 0 Å². The minimum Gasteiger partial charge on any atom is -0.469 e. The number of hydrogen-bond acceptors (Lipinski definition) is 2. The minimum atomic E-state index is -0.107. The fourth-order valence-corrected chi connectivity index (χ4v) is 4.00. The second kappa shape index (κ2) is 4.81. The summed E-state index contributed by atoms with van der Waals surface area (Å²) in [5.41, 5.74) is 1.94. The Bertz CT molecular complexity index is 419. The minimum absolute atomic E-state index is 0.107. The van der Waals surface area contributed by atoms with Gasteiger partial charge in [0.1, 0.15) is 0 Å². The van der Waals surface area contributed by atoms with Crippen LogP contribution in [0.15, 0.2) is 24.3 Å². The van der Waals surface area contributed by atoms with E-state index in [0.717, 1.165) is 19.3 Å². The van der Waals surface area contributed by atoms with E-state index in [2.05, 4.69) is 39.5 Å². The van der Waals surface area contributed by atoms with E-state index < -0.39 is 0 Å². The highest BCUT2D eigenvalue weighted by atomic mass is 16.5. The summed E-state index contributed by atoms with van der Waals surface area (Å²) in [4.78, 5) is 11.4. The van der Waals surface area contributed by atoms with Gasteiger partial charge in [-0.15, -0.1) is 6.58 Å². The maximum Gasteiger partial charge on any atom is 0.305 e. The Morgan fingerprint density at radius 1 is 1.53 bits per heavy atom. The smallest absolute Gasteiger partial charge is 0.305 e. The molecule has 3 atom stereocenters.